The van der Waals surface area contributed by atoms with Crippen LogP contribution in [0.5, 0.6) is 0 Å². The molecule has 5 heteroatoms. The largest absolute Gasteiger partial charge is 0.374 e. The van der Waals surface area contributed by atoms with Gasteiger partial charge in [0.05, 0.1) is 29.6 Å². The molecule has 0 unspecified atom stereocenters. The number of anilines is 1. The molecule has 0 atom stereocenters. The zero-order valence-corrected chi connectivity index (χ0v) is 15.5. The van der Waals surface area contributed by atoms with E-state index < -0.39 is 0 Å². The molecule has 0 fully saturated rings. The lowest BCUT2D eigenvalue weighted by atomic mass is 10.1. The molecule has 134 valence electrons. The average molecular weight is 355 g/mol. The van der Waals surface area contributed by atoms with Gasteiger partial charge in [-0.25, -0.2) is 0 Å². The Morgan fingerprint density at radius 2 is 1.85 bits per heavy atom. The second-order valence-electron chi connectivity index (χ2n) is 6.26. The van der Waals surface area contributed by atoms with E-state index in [0.29, 0.717) is 13.0 Å². The first-order valence-corrected chi connectivity index (χ1v) is 8.79. The van der Waals surface area contributed by atoms with Gasteiger partial charge in [-0.05, 0) is 55.0 Å². The van der Waals surface area contributed by atoms with E-state index in [9.17, 15) is 0 Å². The fourth-order valence-electron chi connectivity index (χ4n) is 2.68. The molecule has 27 heavy (non-hydrogen) atoms. The lowest BCUT2D eigenvalue weighted by Crippen LogP contribution is -2.17. The summed E-state index contributed by atoms with van der Waals surface area (Å²) >= 11 is 0. The predicted molar refractivity (Wildman–Crippen MR) is 109 cm³/mol. The summed E-state index contributed by atoms with van der Waals surface area (Å²) in [6.45, 7) is 2.72. The van der Waals surface area contributed by atoms with Gasteiger partial charge in [-0.15, -0.1) is 0 Å². The molecule has 0 spiro atoms. The number of aromatic nitrogens is 1. The Labute approximate surface area is 159 Å². The third-order valence-corrected chi connectivity index (χ3v) is 4.28. The van der Waals surface area contributed by atoms with Gasteiger partial charge in [0.1, 0.15) is 0 Å². The predicted octanol–water partition coefficient (Wildman–Crippen LogP) is 5.82. The highest BCUT2D eigenvalue weighted by atomic mass is 15.1. The number of hydrogen-bond acceptors (Lipinski definition) is 5. The number of azo groups is 1. The molecule has 0 amide bonds. The quantitative estimate of drug-likeness (QED) is 0.523. The highest BCUT2D eigenvalue weighted by molar-refractivity contribution is 5.61. The Kier molecular flexibility index (Phi) is 5.91. The van der Waals surface area contributed by atoms with Crippen LogP contribution in [0.1, 0.15) is 12.0 Å². The molecule has 2 aromatic carbocycles. The van der Waals surface area contributed by atoms with E-state index >= 15 is 0 Å². The molecule has 0 bridgehead atoms. The summed E-state index contributed by atoms with van der Waals surface area (Å²) in [6, 6.07) is 21.9. The van der Waals surface area contributed by atoms with Crippen LogP contribution in [0.15, 0.2) is 77.1 Å². The fraction of sp³-hybridized carbons (Fsp3) is 0.182. The molecule has 0 aliphatic rings. The standard InChI is InChI=1S/C22H21N5/c1-17-16-20(27(2)15-5-13-23)11-12-21(17)26-25-19-9-7-18(8-10-19)22-6-3-4-14-24-22/h3-4,6-12,14,16H,5,15H2,1-2H3. The van der Waals surface area contributed by atoms with Crippen LogP contribution in [0.3, 0.4) is 0 Å². The van der Waals surface area contributed by atoms with E-state index in [-0.39, 0.29) is 0 Å². The highest BCUT2D eigenvalue weighted by Gasteiger charge is 2.04. The van der Waals surface area contributed by atoms with E-state index in [1.165, 1.54) is 0 Å². The summed E-state index contributed by atoms with van der Waals surface area (Å²) in [7, 11) is 1.98. The van der Waals surface area contributed by atoms with Crippen molar-refractivity contribution in [3.05, 3.63) is 72.4 Å². The van der Waals surface area contributed by atoms with Crippen molar-refractivity contribution in [3.8, 4) is 17.3 Å². The summed E-state index contributed by atoms with van der Waals surface area (Å²) in [5, 5.41) is 17.4. The molecule has 1 heterocycles. The Hall–Kier alpha value is -3.52. The molecular formula is C22H21N5. The summed E-state index contributed by atoms with van der Waals surface area (Å²) in [5.41, 5.74) is 5.74. The lowest BCUT2D eigenvalue weighted by molar-refractivity contribution is 0.904. The lowest BCUT2D eigenvalue weighted by Gasteiger charge is -2.18. The van der Waals surface area contributed by atoms with Gasteiger partial charge < -0.3 is 4.90 Å². The van der Waals surface area contributed by atoms with Crippen molar-refractivity contribution in [1.82, 2.24) is 4.98 Å². The molecule has 0 N–H and O–H groups in total. The smallest absolute Gasteiger partial charge is 0.0887 e. The van der Waals surface area contributed by atoms with E-state index in [1.54, 1.807) is 6.20 Å². The van der Waals surface area contributed by atoms with E-state index in [1.807, 2.05) is 68.6 Å². The first-order chi connectivity index (χ1) is 13.2. The summed E-state index contributed by atoms with van der Waals surface area (Å²) in [6.07, 6.45) is 2.29. The summed E-state index contributed by atoms with van der Waals surface area (Å²) in [4.78, 5) is 6.41. The molecule has 0 saturated heterocycles. The molecule has 0 saturated carbocycles. The van der Waals surface area contributed by atoms with Crippen LogP contribution in [0.4, 0.5) is 17.1 Å². The second-order valence-corrected chi connectivity index (χ2v) is 6.26. The van der Waals surface area contributed by atoms with Crippen molar-refractivity contribution in [1.29, 1.82) is 5.26 Å². The highest BCUT2D eigenvalue weighted by Crippen LogP contribution is 2.27. The topological polar surface area (TPSA) is 64.6 Å². The van der Waals surface area contributed by atoms with Gasteiger partial charge in [-0.1, -0.05) is 18.2 Å². The normalized spacial score (nSPS) is 10.7. The number of benzene rings is 2. The third-order valence-electron chi connectivity index (χ3n) is 4.28. The SMILES string of the molecule is Cc1cc(N(C)CCC#N)ccc1N=Nc1ccc(-c2ccccn2)cc1. The van der Waals surface area contributed by atoms with Crippen molar-refractivity contribution in [2.75, 3.05) is 18.5 Å². The fourth-order valence-corrected chi connectivity index (χ4v) is 2.68. The minimum absolute atomic E-state index is 0.505. The van der Waals surface area contributed by atoms with Crippen molar-refractivity contribution >= 4 is 17.1 Å². The Morgan fingerprint density at radius 1 is 1.04 bits per heavy atom. The third kappa shape index (κ3) is 4.77. The summed E-state index contributed by atoms with van der Waals surface area (Å²) in [5.74, 6) is 0. The number of nitrogens with zero attached hydrogens (tertiary/aromatic N) is 5. The Balaban J connectivity index is 1.71. The van der Waals surface area contributed by atoms with Crippen LogP contribution >= 0.6 is 0 Å². The molecule has 3 rings (SSSR count). The van der Waals surface area contributed by atoms with Crippen LogP contribution < -0.4 is 4.90 Å². The van der Waals surface area contributed by atoms with Crippen molar-refractivity contribution in [3.63, 3.8) is 0 Å². The zero-order valence-electron chi connectivity index (χ0n) is 15.5. The van der Waals surface area contributed by atoms with Gasteiger partial charge in [-0.3, -0.25) is 4.98 Å². The van der Waals surface area contributed by atoms with Gasteiger partial charge >= 0.3 is 0 Å². The number of nitriles is 1. The first-order valence-electron chi connectivity index (χ1n) is 8.79. The van der Waals surface area contributed by atoms with Crippen molar-refractivity contribution in [2.45, 2.75) is 13.3 Å². The van der Waals surface area contributed by atoms with Crippen LogP contribution in [-0.4, -0.2) is 18.6 Å². The Bertz CT molecular complexity index is 956. The van der Waals surface area contributed by atoms with Crippen LogP contribution in [0, 0.1) is 18.3 Å². The van der Waals surface area contributed by atoms with Gasteiger partial charge in [-0.2, -0.15) is 15.5 Å². The molecule has 0 aliphatic heterocycles. The number of aryl methyl sites for hydroxylation is 1. The number of hydrogen-bond donors (Lipinski definition) is 0. The molecule has 0 radical (unpaired) electrons. The minimum atomic E-state index is 0.505. The maximum Gasteiger partial charge on any atom is 0.0887 e. The maximum absolute atomic E-state index is 8.71. The zero-order chi connectivity index (χ0) is 19.1. The maximum atomic E-state index is 8.71. The molecular weight excluding hydrogens is 334 g/mol. The molecule has 5 nitrogen and oxygen atoms in total. The first kappa shape index (κ1) is 18.3. The van der Waals surface area contributed by atoms with Crippen LogP contribution in [-0.2, 0) is 0 Å². The Morgan fingerprint density at radius 3 is 2.52 bits per heavy atom. The van der Waals surface area contributed by atoms with Gasteiger partial charge in [0.2, 0.25) is 0 Å². The molecule has 3 aromatic rings. The molecule has 1 aromatic heterocycles. The minimum Gasteiger partial charge on any atom is -0.374 e. The number of rotatable bonds is 6. The van der Waals surface area contributed by atoms with Gasteiger partial charge in [0, 0.05) is 31.0 Å². The number of pyridine rings is 1. The summed E-state index contributed by atoms with van der Waals surface area (Å²) < 4.78 is 0. The van der Waals surface area contributed by atoms with Gasteiger partial charge in [0.15, 0.2) is 0 Å². The second kappa shape index (κ2) is 8.72. The molecule has 0 aliphatic carbocycles. The van der Waals surface area contributed by atoms with Crippen LogP contribution in [0.25, 0.3) is 11.3 Å². The van der Waals surface area contributed by atoms with E-state index in [2.05, 4.69) is 32.2 Å². The monoisotopic (exact) mass is 355 g/mol. The van der Waals surface area contributed by atoms with Crippen molar-refractivity contribution in [2.24, 2.45) is 10.2 Å². The van der Waals surface area contributed by atoms with E-state index in [0.717, 1.165) is 33.9 Å². The van der Waals surface area contributed by atoms with E-state index in [4.69, 9.17) is 5.26 Å². The van der Waals surface area contributed by atoms with Gasteiger partial charge in [0.25, 0.3) is 0 Å². The van der Waals surface area contributed by atoms with Crippen LogP contribution in [0.2, 0.25) is 0 Å². The van der Waals surface area contributed by atoms with Crippen molar-refractivity contribution < 1.29 is 0 Å². The average Bonchev–Trinajstić information content (AvgIpc) is 2.72.